The van der Waals surface area contributed by atoms with Crippen molar-refractivity contribution < 1.29 is 9.59 Å². The van der Waals surface area contributed by atoms with E-state index in [4.69, 9.17) is 5.73 Å². The van der Waals surface area contributed by atoms with Gasteiger partial charge in [-0.05, 0) is 62.6 Å². The van der Waals surface area contributed by atoms with Crippen LogP contribution in [0.1, 0.15) is 35.1 Å². The Hall–Kier alpha value is -4.66. The molecule has 9 heteroatoms. The number of carbonyl (C=O) groups excluding carboxylic acids is 2. The molecule has 2 amide bonds. The van der Waals surface area contributed by atoms with Crippen molar-refractivity contribution in [2.45, 2.75) is 32.7 Å². The summed E-state index contributed by atoms with van der Waals surface area (Å²) in [5.74, 6) is 0.646. The van der Waals surface area contributed by atoms with Crippen molar-refractivity contribution in [2.75, 3.05) is 12.3 Å². The number of pyridine rings is 1. The fraction of sp³-hybridized carbons (Fsp3) is 0.214. The summed E-state index contributed by atoms with van der Waals surface area (Å²) in [5, 5.41) is 6.61. The lowest BCUT2D eigenvalue weighted by Crippen LogP contribution is -2.47. The van der Waals surface area contributed by atoms with Gasteiger partial charge in [0, 0.05) is 34.3 Å². The fourth-order valence-corrected chi connectivity index (χ4v) is 4.51. The number of carbonyl (C=O) groups is 2. The summed E-state index contributed by atoms with van der Waals surface area (Å²) in [5.41, 5.74) is 11.5. The quantitative estimate of drug-likeness (QED) is 0.222. The summed E-state index contributed by atoms with van der Waals surface area (Å²) in [6.45, 7) is 4.22. The minimum absolute atomic E-state index is 0.189. The van der Waals surface area contributed by atoms with E-state index in [1.54, 1.807) is 12.1 Å². The molecule has 0 saturated carbocycles. The number of amides is 2. The molecule has 5 aromatic rings. The number of imidazole rings is 1. The van der Waals surface area contributed by atoms with Crippen LogP contribution in [0, 0.1) is 6.92 Å². The molecule has 0 bridgehead atoms. The molecular weight excluding hydrogens is 466 g/mol. The van der Waals surface area contributed by atoms with Crippen molar-refractivity contribution in [1.29, 1.82) is 0 Å². The predicted molar refractivity (Wildman–Crippen MR) is 145 cm³/mol. The van der Waals surface area contributed by atoms with E-state index in [1.165, 1.54) is 0 Å². The number of rotatable bonds is 8. The standard InChI is InChI=1S/C28H29N7O2/c1-3-30-28(37)22(11-9-17-7-5-4-6-8-17)34-27(36)18-10-12-21-19(13-18)14-23(33-21)20-15-24(29)35-26-25(20)31-16(2)32-26/h4-8,10,12-15,22,33H,3,9,11H2,1-2H3,(H,30,37)(H,34,36)(H3,29,31,32,35)/t22-/m1/s1. The number of likely N-dealkylation sites (N-methyl/N-ethyl adjacent to an activating group) is 1. The van der Waals surface area contributed by atoms with Gasteiger partial charge >= 0.3 is 0 Å². The first-order valence-electron chi connectivity index (χ1n) is 12.3. The second-order valence-corrected chi connectivity index (χ2v) is 9.04. The van der Waals surface area contributed by atoms with Gasteiger partial charge in [0.2, 0.25) is 5.91 Å². The number of aryl methyl sites for hydroxylation is 2. The SMILES string of the molecule is CCNC(=O)[C@@H](CCc1ccccc1)NC(=O)c1ccc2[nH]c(-c3cc(N)nc4[nH]c(C)nc34)cc2c1. The normalized spacial score (nSPS) is 12.1. The van der Waals surface area contributed by atoms with Crippen molar-refractivity contribution in [3.63, 3.8) is 0 Å². The van der Waals surface area contributed by atoms with Crippen LogP contribution in [0.5, 0.6) is 0 Å². The number of nitrogens with two attached hydrogens (primary N) is 1. The van der Waals surface area contributed by atoms with Crippen LogP contribution in [-0.4, -0.2) is 44.3 Å². The van der Waals surface area contributed by atoms with Crippen LogP contribution in [0.2, 0.25) is 0 Å². The number of benzene rings is 2. The maximum absolute atomic E-state index is 13.2. The molecule has 0 aliphatic heterocycles. The first-order chi connectivity index (χ1) is 17.9. The third kappa shape index (κ3) is 5.16. The molecule has 0 radical (unpaired) electrons. The summed E-state index contributed by atoms with van der Waals surface area (Å²) in [6.07, 6.45) is 1.18. The Morgan fingerprint density at radius 2 is 1.84 bits per heavy atom. The van der Waals surface area contributed by atoms with Crippen LogP contribution in [0.25, 0.3) is 33.3 Å². The van der Waals surface area contributed by atoms with Crippen LogP contribution in [0.15, 0.2) is 60.7 Å². The molecule has 9 nitrogen and oxygen atoms in total. The Morgan fingerprint density at radius 3 is 2.62 bits per heavy atom. The molecule has 6 N–H and O–H groups in total. The zero-order chi connectivity index (χ0) is 25.9. The fourth-order valence-electron chi connectivity index (χ4n) is 4.51. The largest absolute Gasteiger partial charge is 0.384 e. The monoisotopic (exact) mass is 495 g/mol. The number of nitrogens with zero attached hydrogens (tertiary/aromatic N) is 2. The van der Waals surface area contributed by atoms with Crippen LogP contribution in [-0.2, 0) is 11.2 Å². The van der Waals surface area contributed by atoms with E-state index in [1.807, 2.05) is 62.4 Å². The van der Waals surface area contributed by atoms with Gasteiger partial charge in [0.25, 0.3) is 5.91 Å². The van der Waals surface area contributed by atoms with Gasteiger partial charge in [-0.3, -0.25) is 9.59 Å². The Bertz CT molecular complexity index is 1590. The summed E-state index contributed by atoms with van der Waals surface area (Å²) in [6, 6.07) is 18.4. The average Bonchev–Trinajstić information content (AvgIpc) is 3.48. The maximum Gasteiger partial charge on any atom is 0.251 e. The van der Waals surface area contributed by atoms with E-state index in [0.29, 0.717) is 36.4 Å². The number of nitrogens with one attached hydrogen (secondary N) is 4. The second kappa shape index (κ2) is 10.1. The topological polar surface area (TPSA) is 142 Å². The van der Waals surface area contributed by atoms with Gasteiger partial charge in [-0.25, -0.2) is 9.97 Å². The summed E-state index contributed by atoms with van der Waals surface area (Å²) >= 11 is 0. The van der Waals surface area contributed by atoms with Crippen molar-refractivity contribution in [1.82, 2.24) is 30.6 Å². The number of aromatic amines is 2. The Labute approximate surface area is 213 Å². The first-order valence-corrected chi connectivity index (χ1v) is 12.3. The van der Waals surface area contributed by atoms with Gasteiger partial charge in [-0.2, -0.15) is 0 Å². The highest BCUT2D eigenvalue weighted by atomic mass is 16.2. The van der Waals surface area contributed by atoms with Crippen LogP contribution in [0.4, 0.5) is 5.82 Å². The summed E-state index contributed by atoms with van der Waals surface area (Å²) in [7, 11) is 0. The summed E-state index contributed by atoms with van der Waals surface area (Å²) < 4.78 is 0. The molecule has 5 rings (SSSR count). The molecule has 0 aliphatic rings. The smallest absolute Gasteiger partial charge is 0.251 e. The molecule has 0 saturated heterocycles. The number of hydrogen-bond acceptors (Lipinski definition) is 5. The Kier molecular flexibility index (Phi) is 6.59. The van der Waals surface area contributed by atoms with Gasteiger partial charge in [-0.1, -0.05) is 30.3 Å². The van der Waals surface area contributed by atoms with E-state index in [0.717, 1.165) is 39.1 Å². The molecule has 3 aromatic heterocycles. The molecular formula is C28H29N7O2. The number of hydrogen-bond donors (Lipinski definition) is 5. The number of fused-ring (bicyclic) bond motifs is 2. The van der Waals surface area contributed by atoms with Crippen molar-refractivity contribution in [3.05, 3.63) is 77.6 Å². The van der Waals surface area contributed by atoms with Crippen LogP contribution < -0.4 is 16.4 Å². The lowest BCUT2D eigenvalue weighted by molar-refractivity contribution is -0.123. The van der Waals surface area contributed by atoms with E-state index in [2.05, 4.69) is 30.6 Å². The minimum atomic E-state index is -0.638. The van der Waals surface area contributed by atoms with Gasteiger partial charge < -0.3 is 26.3 Å². The van der Waals surface area contributed by atoms with Gasteiger partial charge in [0.05, 0.1) is 0 Å². The molecule has 0 unspecified atom stereocenters. The number of H-pyrrole nitrogens is 2. The average molecular weight is 496 g/mol. The minimum Gasteiger partial charge on any atom is -0.384 e. The highest BCUT2D eigenvalue weighted by Gasteiger charge is 2.21. The number of nitrogen functional groups attached to an aromatic ring is 1. The van der Waals surface area contributed by atoms with Gasteiger partial charge in [0.15, 0.2) is 5.65 Å². The molecule has 0 fully saturated rings. The van der Waals surface area contributed by atoms with Crippen LogP contribution in [0.3, 0.4) is 0 Å². The zero-order valence-corrected chi connectivity index (χ0v) is 20.8. The van der Waals surface area contributed by atoms with E-state index >= 15 is 0 Å². The molecule has 37 heavy (non-hydrogen) atoms. The molecule has 0 aliphatic carbocycles. The highest BCUT2D eigenvalue weighted by molar-refractivity contribution is 6.02. The first kappa shape index (κ1) is 24.1. The third-order valence-corrected chi connectivity index (χ3v) is 6.30. The maximum atomic E-state index is 13.2. The van der Waals surface area contributed by atoms with E-state index in [-0.39, 0.29) is 11.8 Å². The molecule has 3 heterocycles. The lowest BCUT2D eigenvalue weighted by atomic mass is 10.0. The van der Waals surface area contributed by atoms with Crippen molar-refractivity contribution in [3.8, 4) is 11.3 Å². The van der Waals surface area contributed by atoms with E-state index in [9.17, 15) is 9.59 Å². The third-order valence-electron chi connectivity index (χ3n) is 6.30. The van der Waals surface area contributed by atoms with Crippen LogP contribution >= 0.6 is 0 Å². The number of aromatic nitrogens is 4. The Balaban J connectivity index is 1.39. The van der Waals surface area contributed by atoms with Gasteiger partial charge in [0.1, 0.15) is 23.2 Å². The predicted octanol–water partition coefficient (Wildman–Crippen LogP) is 3.86. The number of anilines is 1. The van der Waals surface area contributed by atoms with E-state index < -0.39 is 6.04 Å². The highest BCUT2D eigenvalue weighted by Crippen LogP contribution is 2.30. The van der Waals surface area contributed by atoms with Crippen molar-refractivity contribution >= 4 is 39.7 Å². The lowest BCUT2D eigenvalue weighted by Gasteiger charge is -2.18. The molecule has 188 valence electrons. The second-order valence-electron chi connectivity index (χ2n) is 9.04. The summed E-state index contributed by atoms with van der Waals surface area (Å²) in [4.78, 5) is 41.3. The van der Waals surface area contributed by atoms with Gasteiger partial charge in [-0.15, -0.1) is 0 Å². The zero-order valence-electron chi connectivity index (χ0n) is 20.8. The molecule has 2 aromatic carbocycles. The molecule has 0 spiro atoms. The Morgan fingerprint density at radius 1 is 1.03 bits per heavy atom. The van der Waals surface area contributed by atoms with Crippen molar-refractivity contribution in [2.24, 2.45) is 0 Å². The molecule has 1 atom stereocenters.